The number of hydrogen-bond acceptors (Lipinski definition) is 7. The highest BCUT2D eigenvalue weighted by Crippen LogP contribution is 2.35. The second kappa shape index (κ2) is 10.6. The van der Waals surface area contributed by atoms with E-state index in [4.69, 9.17) is 0 Å². The van der Waals surface area contributed by atoms with Crippen LogP contribution in [0.25, 0.3) is 10.9 Å². The molecule has 33 heavy (non-hydrogen) atoms. The highest BCUT2D eigenvalue weighted by molar-refractivity contribution is 5.87. The first-order valence-corrected chi connectivity index (χ1v) is 11.2. The smallest absolute Gasteiger partial charge is 0.326 e. The fourth-order valence-electron chi connectivity index (χ4n) is 4.45. The van der Waals surface area contributed by atoms with E-state index in [1.165, 1.54) is 10.8 Å². The van der Waals surface area contributed by atoms with Crippen LogP contribution in [-0.4, -0.2) is 83.6 Å². The van der Waals surface area contributed by atoms with Crippen molar-refractivity contribution in [3.8, 4) is 0 Å². The van der Waals surface area contributed by atoms with Gasteiger partial charge in [-0.3, -0.25) is 4.79 Å². The molecule has 0 bridgehead atoms. The number of aromatic nitrogens is 1. The van der Waals surface area contributed by atoms with Crippen LogP contribution in [0.4, 0.5) is 0 Å². The number of amides is 1. The zero-order chi connectivity index (χ0) is 24.3. The predicted molar refractivity (Wildman–Crippen MR) is 118 cm³/mol. The van der Waals surface area contributed by atoms with E-state index in [9.17, 15) is 40.2 Å². The van der Waals surface area contributed by atoms with Crippen LogP contribution in [0.3, 0.4) is 0 Å². The minimum atomic E-state index is -1.72. The molecule has 0 spiro atoms. The van der Waals surface area contributed by atoms with E-state index in [2.05, 4.69) is 5.32 Å². The molecule has 1 aromatic carbocycles. The second-order valence-corrected chi connectivity index (χ2v) is 8.64. The Morgan fingerprint density at radius 1 is 0.970 bits per heavy atom. The molecule has 3 rings (SSSR count). The van der Waals surface area contributed by atoms with Gasteiger partial charge in [0.15, 0.2) is 0 Å². The van der Waals surface area contributed by atoms with Crippen LogP contribution in [0.1, 0.15) is 44.2 Å². The maximum Gasteiger partial charge on any atom is 0.326 e. The van der Waals surface area contributed by atoms with Crippen LogP contribution in [0.15, 0.2) is 30.5 Å². The molecule has 2 aromatic rings. The Labute approximate surface area is 191 Å². The average molecular weight is 465 g/mol. The second-order valence-electron chi connectivity index (χ2n) is 8.64. The van der Waals surface area contributed by atoms with Gasteiger partial charge in [-0.2, -0.15) is 0 Å². The summed E-state index contributed by atoms with van der Waals surface area (Å²) < 4.78 is 1.47. The van der Waals surface area contributed by atoms with Crippen molar-refractivity contribution in [3.05, 3.63) is 36.0 Å². The summed E-state index contributed by atoms with van der Waals surface area (Å²) in [6.07, 6.45) is -4.06. The molecule has 0 radical (unpaired) electrons. The van der Waals surface area contributed by atoms with Crippen LogP contribution in [0.2, 0.25) is 0 Å². The predicted octanol–water partition coefficient (Wildman–Crippen LogP) is -0.307. The third-order valence-electron chi connectivity index (χ3n) is 6.31. The molecule has 1 aliphatic carbocycles. The topological polar surface area (TPSA) is 172 Å². The Morgan fingerprint density at radius 2 is 1.58 bits per heavy atom. The lowest BCUT2D eigenvalue weighted by atomic mass is 9.83. The molecule has 0 saturated heterocycles. The first-order valence-electron chi connectivity index (χ1n) is 11.2. The standard InChI is InChI=1S/C23H32N2O8/c1-2-3-4-9-16(26)24-14(23(32)33)10-12-11-25(15-8-6-5-7-13(12)15)17-18(27)20(29)22(31)21(30)19(17)28/h5-8,11,14,17-22,27-31H,2-4,9-10H2,1H3,(H,24,26)(H,32,33)/t14-,17?,18?,19?,20?,21?,22?/m0/s1. The maximum absolute atomic E-state index is 12.2. The summed E-state index contributed by atoms with van der Waals surface area (Å²) in [4.78, 5) is 24.0. The zero-order valence-corrected chi connectivity index (χ0v) is 18.4. The van der Waals surface area contributed by atoms with E-state index in [1.807, 2.05) is 6.92 Å². The molecule has 1 saturated carbocycles. The number of carboxylic acid groups (broad SMARTS) is 1. The van der Waals surface area contributed by atoms with Gasteiger partial charge in [-0.1, -0.05) is 38.0 Å². The van der Waals surface area contributed by atoms with Crippen molar-refractivity contribution < 1.29 is 40.2 Å². The van der Waals surface area contributed by atoms with Crippen molar-refractivity contribution in [3.63, 3.8) is 0 Å². The number of fused-ring (bicyclic) bond motifs is 1. The first-order chi connectivity index (χ1) is 15.7. The van der Waals surface area contributed by atoms with Gasteiger partial charge in [0.1, 0.15) is 36.6 Å². The quantitative estimate of drug-likeness (QED) is 0.248. The number of aliphatic hydroxyl groups excluding tert-OH is 5. The minimum Gasteiger partial charge on any atom is -0.480 e. The fourth-order valence-corrected chi connectivity index (χ4v) is 4.45. The van der Waals surface area contributed by atoms with Gasteiger partial charge in [0, 0.05) is 29.9 Å². The summed E-state index contributed by atoms with van der Waals surface area (Å²) in [5.74, 6) is -1.54. The van der Waals surface area contributed by atoms with Crippen LogP contribution in [0, 0.1) is 0 Å². The number of rotatable bonds is 9. The van der Waals surface area contributed by atoms with Gasteiger partial charge in [-0.05, 0) is 18.1 Å². The fraction of sp³-hybridized carbons (Fsp3) is 0.565. The van der Waals surface area contributed by atoms with Crippen LogP contribution in [0.5, 0.6) is 0 Å². The van der Waals surface area contributed by atoms with Gasteiger partial charge < -0.3 is 40.5 Å². The Morgan fingerprint density at radius 3 is 2.18 bits per heavy atom. The SMILES string of the molecule is CCCCCC(=O)N[C@@H](Cc1cn(C2C(O)C(O)C(O)C(O)C2O)c2ccccc12)C(=O)O. The number of nitrogens with zero attached hydrogens (tertiary/aromatic N) is 1. The molecule has 1 amide bonds. The summed E-state index contributed by atoms with van der Waals surface area (Å²) >= 11 is 0. The number of hydrogen-bond donors (Lipinski definition) is 7. The Kier molecular flexibility index (Phi) is 8.09. The van der Waals surface area contributed by atoms with Crippen molar-refractivity contribution in [2.75, 3.05) is 0 Å². The highest BCUT2D eigenvalue weighted by atomic mass is 16.4. The van der Waals surface area contributed by atoms with Crippen molar-refractivity contribution >= 4 is 22.8 Å². The molecule has 4 unspecified atom stereocenters. The number of carboxylic acids is 1. The van der Waals surface area contributed by atoms with E-state index in [0.29, 0.717) is 22.9 Å². The van der Waals surface area contributed by atoms with Gasteiger partial charge in [0.25, 0.3) is 0 Å². The molecule has 0 aliphatic heterocycles. The molecule has 182 valence electrons. The summed E-state index contributed by atoms with van der Waals surface area (Å²) in [6.45, 7) is 2.01. The van der Waals surface area contributed by atoms with Crippen molar-refractivity contribution in [1.29, 1.82) is 0 Å². The number of carbonyl (C=O) groups excluding carboxylic acids is 1. The number of aliphatic carboxylic acids is 1. The van der Waals surface area contributed by atoms with E-state index >= 15 is 0 Å². The summed E-state index contributed by atoms with van der Waals surface area (Å²) in [5.41, 5.74) is 1.08. The highest BCUT2D eigenvalue weighted by Gasteiger charge is 2.49. The van der Waals surface area contributed by atoms with Crippen LogP contribution < -0.4 is 5.32 Å². The van der Waals surface area contributed by atoms with Gasteiger partial charge in [0.05, 0.1) is 6.04 Å². The normalized spacial score (nSPS) is 28.5. The Bertz CT molecular complexity index is 961. The largest absolute Gasteiger partial charge is 0.480 e. The molecular weight excluding hydrogens is 432 g/mol. The summed E-state index contributed by atoms with van der Waals surface area (Å²) in [5, 5.41) is 64.1. The summed E-state index contributed by atoms with van der Waals surface area (Å²) in [6, 6.07) is 4.53. The molecule has 10 heteroatoms. The molecule has 1 aliphatic rings. The van der Waals surface area contributed by atoms with Gasteiger partial charge in [-0.15, -0.1) is 0 Å². The number of carbonyl (C=O) groups is 2. The monoisotopic (exact) mass is 464 g/mol. The molecule has 1 aromatic heterocycles. The summed E-state index contributed by atoms with van der Waals surface area (Å²) in [7, 11) is 0. The number of para-hydroxylation sites is 1. The minimum absolute atomic E-state index is 0.0466. The Balaban J connectivity index is 1.92. The third-order valence-corrected chi connectivity index (χ3v) is 6.31. The number of aliphatic hydroxyl groups is 5. The molecular formula is C23H32N2O8. The van der Waals surface area contributed by atoms with Gasteiger partial charge >= 0.3 is 5.97 Å². The molecule has 5 atom stereocenters. The van der Waals surface area contributed by atoms with Crippen molar-refractivity contribution in [1.82, 2.24) is 9.88 Å². The molecule has 7 N–H and O–H groups in total. The number of unbranched alkanes of at least 4 members (excludes halogenated alkanes) is 2. The molecule has 1 heterocycles. The zero-order valence-electron chi connectivity index (χ0n) is 18.4. The molecule has 1 fully saturated rings. The lowest BCUT2D eigenvalue weighted by Crippen LogP contribution is -2.61. The van der Waals surface area contributed by atoms with Crippen molar-refractivity contribution in [2.45, 2.75) is 81.6 Å². The van der Waals surface area contributed by atoms with E-state index in [0.717, 1.165) is 12.8 Å². The van der Waals surface area contributed by atoms with Crippen LogP contribution in [-0.2, 0) is 16.0 Å². The van der Waals surface area contributed by atoms with Gasteiger partial charge in [-0.25, -0.2) is 4.79 Å². The van der Waals surface area contributed by atoms with Crippen molar-refractivity contribution in [2.24, 2.45) is 0 Å². The molecule has 10 nitrogen and oxygen atoms in total. The van der Waals surface area contributed by atoms with Crippen LogP contribution >= 0.6 is 0 Å². The maximum atomic E-state index is 12.2. The third kappa shape index (κ3) is 5.20. The van der Waals surface area contributed by atoms with E-state index < -0.39 is 48.6 Å². The average Bonchev–Trinajstić information content (AvgIpc) is 3.14. The Hall–Kier alpha value is -2.50. The van der Waals surface area contributed by atoms with Gasteiger partial charge in [0.2, 0.25) is 5.91 Å². The van der Waals surface area contributed by atoms with E-state index in [-0.39, 0.29) is 18.7 Å². The lowest BCUT2D eigenvalue weighted by Gasteiger charge is -2.42. The number of benzene rings is 1. The number of nitrogens with one attached hydrogen (secondary N) is 1. The van der Waals surface area contributed by atoms with E-state index in [1.54, 1.807) is 24.3 Å². The first kappa shape index (κ1) is 25.1. The lowest BCUT2D eigenvalue weighted by molar-refractivity contribution is -0.198.